The number of nitrogens with zero attached hydrogens (tertiary/aromatic N) is 1. The normalized spacial score (nSPS) is 18.9. The standard InChI is InChI=1S/C10H21NO.C2H6/c1-2-3-10-4-6-11(7-5-10)8-9-12;1-2/h10,12H,2-9H2,1H3;1-2H3. The molecule has 1 fully saturated rings. The van der Waals surface area contributed by atoms with E-state index in [1.54, 1.807) is 0 Å². The summed E-state index contributed by atoms with van der Waals surface area (Å²) in [5.74, 6) is 0.963. The van der Waals surface area contributed by atoms with E-state index in [0.29, 0.717) is 6.61 Å². The molecule has 0 spiro atoms. The van der Waals surface area contributed by atoms with Crippen molar-refractivity contribution in [3.05, 3.63) is 0 Å². The SMILES string of the molecule is CC.CCCC1CCN(CCO)CC1. The summed E-state index contributed by atoms with van der Waals surface area (Å²) in [7, 11) is 0. The van der Waals surface area contributed by atoms with Gasteiger partial charge in [-0.1, -0.05) is 33.6 Å². The number of likely N-dealkylation sites (tertiary alicyclic amines) is 1. The maximum atomic E-state index is 8.75. The largest absolute Gasteiger partial charge is 0.395 e. The Bertz CT molecular complexity index is 94.9. The van der Waals surface area contributed by atoms with Crippen LogP contribution in [0.1, 0.15) is 46.5 Å². The van der Waals surface area contributed by atoms with E-state index < -0.39 is 0 Å². The fourth-order valence-electron chi connectivity index (χ4n) is 2.05. The fraction of sp³-hybridized carbons (Fsp3) is 1.00. The highest BCUT2D eigenvalue weighted by Gasteiger charge is 2.17. The van der Waals surface area contributed by atoms with Crippen molar-refractivity contribution in [2.24, 2.45) is 5.92 Å². The molecular weight excluding hydrogens is 174 g/mol. The van der Waals surface area contributed by atoms with E-state index in [2.05, 4.69) is 11.8 Å². The Morgan fingerprint density at radius 1 is 1.21 bits per heavy atom. The Hall–Kier alpha value is -0.0800. The first-order chi connectivity index (χ1) is 6.86. The molecule has 2 nitrogen and oxygen atoms in total. The molecule has 0 atom stereocenters. The third-order valence-corrected chi connectivity index (χ3v) is 2.82. The molecule has 1 aliphatic heterocycles. The molecule has 1 rings (SSSR count). The van der Waals surface area contributed by atoms with Gasteiger partial charge >= 0.3 is 0 Å². The molecule has 0 amide bonds. The number of piperidine rings is 1. The molecule has 0 aromatic carbocycles. The van der Waals surface area contributed by atoms with Crippen LogP contribution in [0.4, 0.5) is 0 Å². The minimum absolute atomic E-state index is 0.318. The van der Waals surface area contributed by atoms with Crippen molar-refractivity contribution in [1.82, 2.24) is 4.90 Å². The van der Waals surface area contributed by atoms with Gasteiger partial charge in [0.05, 0.1) is 6.61 Å². The summed E-state index contributed by atoms with van der Waals surface area (Å²) in [6, 6.07) is 0. The highest BCUT2D eigenvalue weighted by atomic mass is 16.3. The van der Waals surface area contributed by atoms with Gasteiger partial charge in [-0.15, -0.1) is 0 Å². The van der Waals surface area contributed by atoms with Gasteiger partial charge in [0.1, 0.15) is 0 Å². The summed E-state index contributed by atoms with van der Waals surface area (Å²) >= 11 is 0. The summed E-state index contributed by atoms with van der Waals surface area (Å²) in [5.41, 5.74) is 0. The molecule has 0 aromatic rings. The van der Waals surface area contributed by atoms with Crippen LogP contribution in [-0.4, -0.2) is 36.2 Å². The Kier molecular flexibility index (Phi) is 9.42. The number of hydrogen-bond acceptors (Lipinski definition) is 2. The van der Waals surface area contributed by atoms with Gasteiger partial charge in [0.15, 0.2) is 0 Å². The number of β-amino-alcohol motifs (C(OH)–C–C–N with tert-alkyl or cyclic N) is 1. The second-order valence-corrected chi connectivity index (χ2v) is 3.80. The second kappa shape index (κ2) is 9.47. The van der Waals surface area contributed by atoms with Crippen LogP contribution in [0.15, 0.2) is 0 Å². The lowest BCUT2D eigenvalue weighted by molar-refractivity contribution is 0.144. The van der Waals surface area contributed by atoms with Crippen LogP contribution < -0.4 is 0 Å². The van der Waals surface area contributed by atoms with Gasteiger partial charge in [0.2, 0.25) is 0 Å². The van der Waals surface area contributed by atoms with Crippen molar-refractivity contribution >= 4 is 0 Å². The predicted molar refractivity (Wildman–Crippen MR) is 62.5 cm³/mol. The van der Waals surface area contributed by atoms with Gasteiger partial charge < -0.3 is 10.0 Å². The van der Waals surface area contributed by atoms with Gasteiger partial charge in [-0.3, -0.25) is 0 Å². The summed E-state index contributed by atoms with van der Waals surface area (Å²) in [6.45, 7) is 9.86. The molecule has 1 N–H and O–H groups in total. The van der Waals surface area contributed by atoms with E-state index >= 15 is 0 Å². The van der Waals surface area contributed by atoms with Crippen LogP contribution in [0.5, 0.6) is 0 Å². The van der Waals surface area contributed by atoms with Gasteiger partial charge in [0.25, 0.3) is 0 Å². The average molecular weight is 201 g/mol. The second-order valence-electron chi connectivity index (χ2n) is 3.80. The molecule has 86 valence electrons. The molecule has 1 aliphatic rings. The minimum atomic E-state index is 0.318. The van der Waals surface area contributed by atoms with Crippen LogP contribution in [0.2, 0.25) is 0 Å². The van der Waals surface area contributed by atoms with Crippen molar-refractivity contribution < 1.29 is 5.11 Å². The summed E-state index contributed by atoms with van der Waals surface area (Å²) in [4.78, 5) is 2.37. The maximum absolute atomic E-state index is 8.75. The fourth-order valence-corrected chi connectivity index (χ4v) is 2.05. The zero-order valence-corrected chi connectivity index (χ0v) is 10.1. The Morgan fingerprint density at radius 2 is 1.79 bits per heavy atom. The Balaban J connectivity index is 0.000000791. The molecular formula is C12H27NO. The van der Waals surface area contributed by atoms with E-state index in [1.165, 1.54) is 38.8 Å². The van der Waals surface area contributed by atoms with Crippen LogP contribution in [0, 0.1) is 5.92 Å². The van der Waals surface area contributed by atoms with Crippen LogP contribution >= 0.6 is 0 Å². The quantitative estimate of drug-likeness (QED) is 0.755. The van der Waals surface area contributed by atoms with Crippen molar-refractivity contribution in [2.75, 3.05) is 26.2 Å². The van der Waals surface area contributed by atoms with Crippen LogP contribution in [-0.2, 0) is 0 Å². The summed E-state index contributed by atoms with van der Waals surface area (Å²) in [5, 5.41) is 8.75. The van der Waals surface area contributed by atoms with Crippen LogP contribution in [0.3, 0.4) is 0 Å². The highest BCUT2D eigenvalue weighted by Crippen LogP contribution is 2.20. The van der Waals surface area contributed by atoms with Gasteiger partial charge in [-0.2, -0.15) is 0 Å². The maximum Gasteiger partial charge on any atom is 0.0558 e. The first-order valence-electron chi connectivity index (χ1n) is 6.20. The first-order valence-corrected chi connectivity index (χ1v) is 6.20. The zero-order chi connectivity index (χ0) is 10.8. The van der Waals surface area contributed by atoms with Gasteiger partial charge in [-0.05, 0) is 31.8 Å². The van der Waals surface area contributed by atoms with Crippen molar-refractivity contribution in [1.29, 1.82) is 0 Å². The monoisotopic (exact) mass is 201 g/mol. The Morgan fingerprint density at radius 3 is 2.21 bits per heavy atom. The highest BCUT2D eigenvalue weighted by molar-refractivity contribution is 4.71. The molecule has 2 heteroatoms. The van der Waals surface area contributed by atoms with Crippen molar-refractivity contribution in [3.8, 4) is 0 Å². The molecule has 0 aliphatic carbocycles. The van der Waals surface area contributed by atoms with Crippen molar-refractivity contribution in [2.45, 2.75) is 46.5 Å². The third kappa shape index (κ3) is 5.61. The summed E-state index contributed by atoms with van der Waals surface area (Å²) < 4.78 is 0. The average Bonchev–Trinajstić information content (AvgIpc) is 2.25. The van der Waals surface area contributed by atoms with Crippen LogP contribution in [0.25, 0.3) is 0 Å². The predicted octanol–water partition coefficient (Wildman–Crippen LogP) is 2.52. The molecule has 0 saturated carbocycles. The molecule has 14 heavy (non-hydrogen) atoms. The topological polar surface area (TPSA) is 23.5 Å². The van der Waals surface area contributed by atoms with Crippen molar-refractivity contribution in [3.63, 3.8) is 0 Å². The Labute approximate surface area is 89.3 Å². The summed E-state index contributed by atoms with van der Waals surface area (Å²) in [6.07, 6.45) is 5.40. The molecule has 0 aromatic heterocycles. The smallest absolute Gasteiger partial charge is 0.0558 e. The molecule has 1 saturated heterocycles. The van der Waals surface area contributed by atoms with E-state index in [4.69, 9.17) is 5.11 Å². The lowest BCUT2D eigenvalue weighted by Gasteiger charge is -2.31. The number of rotatable bonds is 4. The van der Waals surface area contributed by atoms with E-state index in [1.807, 2.05) is 13.8 Å². The number of aliphatic hydroxyl groups excluding tert-OH is 1. The third-order valence-electron chi connectivity index (χ3n) is 2.82. The molecule has 0 bridgehead atoms. The first kappa shape index (κ1) is 13.9. The lowest BCUT2D eigenvalue weighted by atomic mass is 9.92. The molecule has 0 unspecified atom stereocenters. The minimum Gasteiger partial charge on any atom is -0.395 e. The van der Waals surface area contributed by atoms with Gasteiger partial charge in [-0.25, -0.2) is 0 Å². The number of aliphatic hydroxyl groups is 1. The van der Waals surface area contributed by atoms with E-state index in [0.717, 1.165) is 12.5 Å². The zero-order valence-electron chi connectivity index (χ0n) is 10.1. The lowest BCUT2D eigenvalue weighted by Crippen LogP contribution is -2.35. The van der Waals surface area contributed by atoms with Gasteiger partial charge in [0, 0.05) is 6.54 Å². The van der Waals surface area contributed by atoms with E-state index in [9.17, 15) is 0 Å². The van der Waals surface area contributed by atoms with E-state index in [-0.39, 0.29) is 0 Å². The number of hydrogen-bond donors (Lipinski definition) is 1. The molecule has 0 radical (unpaired) electrons. The molecule has 1 heterocycles.